The minimum Gasteiger partial charge on any atom is -0.506 e. The average Bonchev–Trinajstić information content (AvgIpc) is 2.94. The number of anilines is 1. The minimum atomic E-state index is -0.737. The van der Waals surface area contributed by atoms with Crippen LogP contribution >= 0.6 is 0 Å². The lowest BCUT2D eigenvalue weighted by Crippen LogP contribution is -2.15. The lowest BCUT2D eigenvalue weighted by molar-refractivity contribution is 0.102. The van der Waals surface area contributed by atoms with Gasteiger partial charge in [-0.05, 0) is 31.2 Å². The van der Waals surface area contributed by atoms with E-state index < -0.39 is 11.7 Å². The van der Waals surface area contributed by atoms with Gasteiger partial charge in [0.1, 0.15) is 16.8 Å². The zero-order chi connectivity index (χ0) is 27.5. The summed E-state index contributed by atoms with van der Waals surface area (Å²) in [6.07, 6.45) is 4.51. The van der Waals surface area contributed by atoms with Crippen molar-refractivity contribution in [3.05, 3.63) is 84.2 Å². The van der Waals surface area contributed by atoms with E-state index in [1.54, 1.807) is 43.5 Å². The molecule has 4 heterocycles. The van der Waals surface area contributed by atoms with Gasteiger partial charge in [-0.2, -0.15) is 0 Å². The molecule has 2 N–H and O–H groups in total. The van der Waals surface area contributed by atoms with Crippen molar-refractivity contribution >= 4 is 22.6 Å². The maximum absolute atomic E-state index is 15.1. The van der Waals surface area contributed by atoms with Gasteiger partial charge in [0.25, 0.3) is 11.8 Å². The maximum Gasteiger partial charge on any atom is 0.261 e. The number of pyridine rings is 4. The first kappa shape index (κ1) is 25.3. The molecule has 0 radical (unpaired) electrons. The summed E-state index contributed by atoms with van der Waals surface area (Å²) in [6, 6.07) is 12.3. The number of nitrogens with zero attached hydrogens (tertiary/aromatic N) is 4. The van der Waals surface area contributed by atoms with Gasteiger partial charge in [0, 0.05) is 42.5 Å². The van der Waals surface area contributed by atoms with Crippen molar-refractivity contribution in [2.75, 3.05) is 19.5 Å². The summed E-state index contributed by atoms with van der Waals surface area (Å²) < 4.78 is 31.4. The first-order chi connectivity index (χ1) is 18.9. The second-order valence-corrected chi connectivity index (χ2v) is 8.27. The molecule has 0 spiro atoms. The van der Waals surface area contributed by atoms with E-state index in [1.807, 2.05) is 0 Å². The van der Waals surface area contributed by atoms with Crippen LogP contribution in [0.4, 0.5) is 10.1 Å². The highest BCUT2D eigenvalue weighted by molar-refractivity contribution is 6.08. The van der Waals surface area contributed by atoms with Crippen LogP contribution in [-0.4, -0.2) is 45.2 Å². The number of rotatable bonds is 7. The minimum absolute atomic E-state index is 0.0439. The van der Waals surface area contributed by atoms with E-state index >= 15 is 4.39 Å². The van der Waals surface area contributed by atoms with E-state index in [4.69, 9.17) is 14.2 Å². The Balaban J connectivity index is 1.40. The molecule has 0 bridgehead atoms. The normalized spacial score (nSPS) is 10.8. The van der Waals surface area contributed by atoms with Crippen molar-refractivity contribution in [2.24, 2.45) is 0 Å². The Hall–Kier alpha value is -5.32. The summed E-state index contributed by atoms with van der Waals surface area (Å²) in [5, 5.41) is 13.4. The average molecular weight is 528 g/mol. The predicted molar refractivity (Wildman–Crippen MR) is 141 cm³/mol. The quantitative estimate of drug-likeness (QED) is 0.290. The van der Waals surface area contributed by atoms with Gasteiger partial charge < -0.3 is 24.6 Å². The van der Waals surface area contributed by atoms with Crippen molar-refractivity contribution in [1.82, 2.24) is 19.9 Å². The van der Waals surface area contributed by atoms with Crippen molar-refractivity contribution in [3.63, 3.8) is 0 Å². The fourth-order valence-corrected chi connectivity index (χ4v) is 3.93. The van der Waals surface area contributed by atoms with Crippen LogP contribution in [-0.2, 0) is 0 Å². The molecule has 0 aliphatic rings. The molecule has 0 saturated heterocycles. The number of aromatic hydroxyl groups is 1. The van der Waals surface area contributed by atoms with Gasteiger partial charge in [-0.1, -0.05) is 6.07 Å². The third-order valence-corrected chi connectivity index (χ3v) is 5.84. The lowest BCUT2D eigenvalue weighted by atomic mass is 10.1. The summed E-state index contributed by atoms with van der Waals surface area (Å²) in [4.78, 5) is 30.1. The molecular formula is C28H22FN5O5. The molecule has 0 aliphatic carbocycles. The number of amides is 1. The van der Waals surface area contributed by atoms with Crippen LogP contribution in [0.2, 0.25) is 0 Å². The van der Waals surface area contributed by atoms with Crippen molar-refractivity contribution in [2.45, 2.75) is 6.92 Å². The molecule has 196 valence electrons. The highest BCUT2D eigenvalue weighted by atomic mass is 19.1. The number of ether oxygens (including phenoxy) is 3. The summed E-state index contributed by atoms with van der Waals surface area (Å²) in [7, 11) is 2.93. The van der Waals surface area contributed by atoms with Crippen LogP contribution in [0, 0.1) is 12.7 Å². The number of fused-ring (bicyclic) bond motifs is 1. The van der Waals surface area contributed by atoms with E-state index in [-0.39, 0.29) is 34.4 Å². The predicted octanol–water partition coefficient (Wildman–Crippen LogP) is 5.30. The van der Waals surface area contributed by atoms with E-state index in [0.29, 0.717) is 33.7 Å². The van der Waals surface area contributed by atoms with Gasteiger partial charge in [0.2, 0.25) is 0 Å². The van der Waals surface area contributed by atoms with Crippen LogP contribution in [0.25, 0.3) is 22.3 Å². The number of hydrogen-bond donors (Lipinski definition) is 2. The number of aromatic nitrogens is 4. The Morgan fingerprint density at radius 1 is 0.949 bits per heavy atom. The van der Waals surface area contributed by atoms with E-state index in [0.717, 1.165) is 6.07 Å². The Kier molecular flexibility index (Phi) is 6.87. The first-order valence-electron chi connectivity index (χ1n) is 11.7. The molecule has 11 heteroatoms. The summed E-state index contributed by atoms with van der Waals surface area (Å²) in [6.45, 7) is 1.59. The topological polar surface area (TPSA) is 129 Å². The van der Waals surface area contributed by atoms with E-state index in [1.165, 1.54) is 38.7 Å². The third kappa shape index (κ3) is 4.97. The number of hydrogen-bond acceptors (Lipinski definition) is 9. The second-order valence-electron chi connectivity index (χ2n) is 8.27. The molecular weight excluding hydrogens is 505 g/mol. The van der Waals surface area contributed by atoms with Gasteiger partial charge in [0.05, 0.1) is 36.7 Å². The fourth-order valence-electron chi connectivity index (χ4n) is 3.93. The summed E-state index contributed by atoms with van der Waals surface area (Å²) in [5.41, 5.74) is 1.97. The van der Waals surface area contributed by atoms with Gasteiger partial charge >= 0.3 is 0 Å². The number of aryl methyl sites for hydroxylation is 1. The molecule has 1 amide bonds. The highest BCUT2D eigenvalue weighted by Crippen LogP contribution is 2.36. The summed E-state index contributed by atoms with van der Waals surface area (Å²) >= 11 is 0. The highest BCUT2D eigenvalue weighted by Gasteiger charge is 2.21. The van der Waals surface area contributed by atoms with Gasteiger partial charge in [-0.3, -0.25) is 19.7 Å². The number of nitrogens with one attached hydrogen (secondary N) is 1. The molecule has 0 saturated carbocycles. The molecule has 5 aromatic rings. The number of methoxy groups -OCH3 is 2. The van der Waals surface area contributed by atoms with Crippen LogP contribution < -0.4 is 19.5 Å². The monoisotopic (exact) mass is 527 g/mol. The van der Waals surface area contributed by atoms with Crippen molar-refractivity contribution in [3.8, 4) is 40.1 Å². The number of benzene rings is 1. The zero-order valence-corrected chi connectivity index (χ0v) is 21.1. The van der Waals surface area contributed by atoms with E-state index in [2.05, 4.69) is 25.3 Å². The lowest BCUT2D eigenvalue weighted by Gasteiger charge is -2.14. The molecule has 4 aromatic heterocycles. The fraction of sp³-hybridized carbons (Fsp3) is 0.107. The Morgan fingerprint density at radius 3 is 2.51 bits per heavy atom. The van der Waals surface area contributed by atoms with Crippen molar-refractivity contribution in [1.29, 1.82) is 0 Å². The number of carbonyl (C=O) groups is 1. The third-order valence-electron chi connectivity index (χ3n) is 5.84. The second kappa shape index (κ2) is 10.6. The van der Waals surface area contributed by atoms with Crippen LogP contribution in [0.1, 0.15) is 16.1 Å². The smallest absolute Gasteiger partial charge is 0.261 e. The Labute approximate surface area is 222 Å². The number of carbonyl (C=O) groups excluding carboxylic acids is 1. The van der Waals surface area contributed by atoms with Crippen LogP contribution in [0.3, 0.4) is 0 Å². The van der Waals surface area contributed by atoms with Gasteiger partial charge in [-0.15, -0.1) is 0 Å². The van der Waals surface area contributed by atoms with Crippen molar-refractivity contribution < 1.29 is 28.5 Å². The molecule has 0 fully saturated rings. The molecule has 0 atom stereocenters. The zero-order valence-electron chi connectivity index (χ0n) is 21.1. The van der Waals surface area contributed by atoms with Gasteiger partial charge in [-0.25, -0.2) is 9.37 Å². The largest absolute Gasteiger partial charge is 0.506 e. The van der Waals surface area contributed by atoms with Crippen LogP contribution in [0.15, 0.2) is 67.1 Å². The standard InChI is InChI=1S/C28H22FN5O5/c1-15-24(26(35)17(14-32-15)19-6-4-5-10-30-19)27(36)33-16-7-8-21(18(29)12-16)39-22-9-11-31-20-13-23(37-2)28(38-3)34-25(20)22/h4-14H,1-3H3,(H,32,35)(H,33,36). The molecule has 0 unspecified atom stereocenters. The molecule has 1 aromatic carbocycles. The molecule has 39 heavy (non-hydrogen) atoms. The number of halogens is 1. The Bertz CT molecular complexity index is 1700. The summed E-state index contributed by atoms with van der Waals surface area (Å²) in [5.74, 6) is -0.912. The molecule has 5 rings (SSSR count). The molecule has 10 nitrogen and oxygen atoms in total. The SMILES string of the molecule is COc1cc2nccc(Oc3ccc(NC(=O)c4c(C)ncc(-c5ccccn5)c4O)cc3F)c2nc1OC. The van der Waals surface area contributed by atoms with Crippen LogP contribution in [0.5, 0.6) is 28.9 Å². The maximum atomic E-state index is 15.1. The first-order valence-corrected chi connectivity index (χ1v) is 11.7. The Morgan fingerprint density at radius 2 is 1.79 bits per heavy atom. The molecule has 0 aliphatic heterocycles. The van der Waals surface area contributed by atoms with Gasteiger partial charge in [0.15, 0.2) is 23.1 Å². The van der Waals surface area contributed by atoms with E-state index in [9.17, 15) is 9.90 Å².